The van der Waals surface area contributed by atoms with Crippen molar-refractivity contribution in [3.05, 3.63) is 69.5 Å². The molecule has 1 heterocycles. The van der Waals surface area contributed by atoms with Gasteiger partial charge in [0.1, 0.15) is 0 Å². The van der Waals surface area contributed by atoms with E-state index in [1.807, 2.05) is 29.7 Å². The highest BCUT2D eigenvalue weighted by Crippen LogP contribution is 2.32. The standard InChI is InChI=1S/C24H28Cl2N4OS/c1-4-5-6-11-22(31)27-17(3)23-28-29-24(32-15-18-10-8-7-9-16(18)2)30(23)21-13-12-19(25)14-20(21)26/h7-10,12-14,17H,4-6,11,15H2,1-3H3,(H,27,31). The smallest absolute Gasteiger partial charge is 0.220 e. The maximum Gasteiger partial charge on any atom is 0.220 e. The molecular formula is C24H28Cl2N4OS. The van der Waals surface area contributed by atoms with Crippen molar-refractivity contribution in [3.63, 3.8) is 0 Å². The fourth-order valence-corrected chi connectivity index (χ4v) is 4.89. The Morgan fingerprint density at radius 1 is 1.16 bits per heavy atom. The van der Waals surface area contributed by atoms with Crippen LogP contribution in [0.2, 0.25) is 10.0 Å². The number of amides is 1. The molecule has 0 aliphatic carbocycles. The van der Waals surface area contributed by atoms with E-state index in [2.05, 4.69) is 41.5 Å². The van der Waals surface area contributed by atoms with E-state index < -0.39 is 0 Å². The Kier molecular flexibility index (Phi) is 9.02. The first-order chi connectivity index (χ1) is 15.4. The van der Waals surface area contributed by atoms with Crippen LogP contribution in [-0.2, 0) is 10.5 Å². The molecule has 0 radical (unpaired) electrons. The number of nitrogens with one attached hydrogen (secondary N) is 1. The molecule has 1 aromatic heterocycles. The van der Waals surface area contributed by atoms with Crippen molar-refractivity contribution in [3.8, 4) is 5.69 Å². The zero-order valence-electron chi connectivity index (χ0n) is 18.6. The van der Waals surface area contributed by atoms with Crippen LogP contribution >= 0.6 is 35.0 Å². The van der Waals surface area contributed by atoms with E-state index in [-0.39, 0.29) is 11.9 Å². The van der Waals surface area contributed by atoms with E-state index in [1.165, 1.54) is 11.1 Å². The quantitative estimate of drug-likeness (QED) is 0.247. The average molecular weight is 491 g/mol. The summed E-state index contributed by atoms with van der Waals surface area (Å²) in [5.74, 6) is 1.38. The van der Waals surface area contributed by atoms with Crippen LogP contribution in [0.3, 0.4) is 0 Å². The molecule has 2 aromatic carbocycles. The molecule has 3 rings (SSSR count). The van der Waals surface area contributed by atoms with E-state index in [0.717, 1.165) is 30.7 Å². The van der Waals surface area contributed by atoms with Crippen molar-refractivity contribution in [1.29, 1.82) is 0 Å². The van der Waals surface area contributed by atoms with Gasteiger partial charge in [0.25, 0.3) is 0 Å². The Morgan fingerprint density at radius 2 is 1.94 bits per heavy atom. The molecule has 0 spiro atoms. The lowest BCUT2D eigenvalue weighted by Gasteiger charge is -2.17. The number of aryl methyl sites for hydroxylation is 1. The zero-order chi connectivity index (χ0) is 23.1. The van der Waals surface area contributed by atoms with Crippen molar-refractivity contribution in [1.82, 2.24) is 20.1 Å². The van der Waals surface area contributed by atoms with Gasteiger partial charge in [-0.15, -0.1) is 10.2 Å². The number of halogens is 2. The lowest BCUT2D eigenvalue weighted by molar-refractivity contribution is -0.121. The van der Waals surface area contributed by atoms with Gasteiger partial charge < -0.3 is 5.32 Å². The first-order valence-electron chi connectivity index (χ1n) is 10.8. The molecule has 3 aromatic rings. The molecular weight excluding hydrogens is 463 g/mol. The van der Waals surface area contributed by atoms with Crippen LogP contribution in [0.4, 0.5) is 0 Å². The summed E-state index contributed by atoms with van der Waals surface area (Å²) < 4.78 is 1.92. The number of thioether (sulfide) groups is 1. The molecule has 0 fully saturated rings. The average Bonchev–Trinajstić information content (AvgIpc) is 3.17. The Balaban J connectivity index is 1.89. The molecule has 1 N–H and O–H groups in total. The van der Waals surface area contributed by atoms with Crippen molar-refractivity contribution in [2.24, 2.45) is 0 Å². The highest BCUT2D eigenvalue weighted by Gasteiger charge is 2.22. The molecule has 0 bridgehead atoms. The van der Waals surface area contributed by atoms with E-state index in [0.29, 0.717) is 27.4 Å². The van der Waals surface area contributed by atoms with Gasteiger partial charge in [-0.25, -0.2) is 0 Å². The molecule has 170 valence electrons. The Hall–Kier alpha value is -2.02. The number of unbranched alkanes of at least 4 members (excludes halogenated alkanes) is 2. The van der Waals surface area contributed by atoms with E-state index in [9.17, 15) is 4.79 Å². The van der Waals surface area contributed by atoms with Gasteiger partial charge in [0.15, 0.2) is 11.0 Å². The first-order valence-corrected chi connectivity index (χ1v) is 12.5. The minimum Gasteiger partial charge on any atom is -0.346 e. The summed E-state index contributed by atoms with van der Waals surface area (Å²) in [5.41, 5.74) is 3.19. The second kappa shape index (κ2) is 11.7. The SMILES string of the molecule is CCCCCC(=O)NC(C)c1nnc(SCc2ccccc2C)n1-c1ccc(Cl)cc1Cl. The maximum absolute atomic E-state index is 12.4. The van der Waals surface area contributed by atoms with Gasteiger partial charge in [0.05, 0.1) is 16.8 Å². The van der Waals surface area contributed by atoms with Gasteiger partial charge in [-0.3, -0.25) is 9.36 Å². The van der Waals surface area contributed by atoms with Crippen molar-refractivity contribution >= 4 is 40.9 Å². The Bertz CT molecular complexity index is 1070. The summed E-state index contributed by atoms with van der Waals surface area (Å²) in [6.45, 7) is 6.13. The Morgan fingerprint density at radius 3 is 2.66 bits per heavy atom. The molecule has 8 heteroatoms. The number of carbonyl (C=O) groups is 1. The number of hydrogen-bond acceptors (Lipinski definition) is 4. The topological polar surface area (TPSA) is 59.8 Å². The zero-order valence-corrected chi connectivity index (χ0v) is 20.9. The third kappa shape index (κ3) is 6.27. The van der Waals surface area contributed by atoms with Crippen LogP contribution in [0, 0.1) is 6.92 Å². The highest BCUT2D eigenvalue weighted by atomic mass is 35.5. The summed E-state index contributed by atoms with van der Waals surface area (Å²) in [7, 11) is 0. The van der Waals surface area contributed by atoms with Crippen molar-refractivity contribution < 1.29 is 4.79 Å². The molecule has 1 atom stereocenters. The predicted molar refractivity (Wildman–Crippen MR) is 133 cm³/mol. The van der Waals surface area contributed by atoms with E-state index >= 15 is 0 Å². The molecule has 1 amide bonds. The molecule has 5 nitrogen and oxygen atoms in total. The summed E-state index contributed by atoms with van der Waals surface area (Å²) in [6.07, 6.45) is 3.50. The highest BCUT2D eigenvalue weighted by molar-refractivity contribution is 7.98. The monoisotopic (exact) mass is 490 g/mol. The number of hydrogen-bond donors (Lipinski definition) is 1. The minimum atomic E-state index is -0.323. The number of rotatable bonds is 10. The third-order valence-electron chi connectivity index (χ3n) is 5.20. The largest absolute Gasteiger partial charge is 0.346 e. The minimum absolute atomic E-state index is 0.0109. The number of benzene rings is 2. The van der Waals surface area contributed by atoms with Crippen LogP contribution in [0.5, 0.6) is 0 Å². The molecule has 0 saturated heterocycles. The second-order valence-electron chi connectivity index (χ2n) is 7.73. The van der Waals surface area contributed by atoms with Crippen LogP contribution in [0.25, 0.3) is 5.69 Å². The van der Waals surface area contributed by atoms with Crippen molar-refractivity contribution in [2.75, 3.05) is 0 Å². The van der Waals surface area contributed by atoms with Gasteiger partial charge in [-0.2, -0.15) is 0 Å². The van der Waals surface area contributed by atoms with Crippen LogP contribution < -0.4 is 5.32 Å². The molecule has 1 unspecified atom stereocenters. The molecule has 0 aliphatic rings. The number of nitrogens with zero attached hydrogens (tertiary/aromatic N) is 3. The lowest BCUT2D eigenvalue weighted by atomic mass is 10.1. The van der Waals surface area contributed by atoms with Gasteiger partial charge in [0, 0.05) is 17.2 Å². The lowest BCUT2D eigenvalue weighted by Crippen LogP contribution is -2.28. The van der Waals surface area contributed by atoms with E-state index in [4.69, 9.17) is 23.2 Å². The van der Waals surface area contributed by atoms with Crippen LogP contribution in [0.1, 0.15) is 62.5 Å². The number of aromatic nitrogens is 3. The summed E-state index contributed by atoms with van der Waals surface area (Å²) in [6, 6.07) is 13.3. The summed E-state index contributed by atoms with van der Waals surface area (Å²) in [4.78, 5) is 12.4. The van der Waals surface area contributed by atoms with Gasteiger partial charge in [0.2, 0.25) is 5.91 Å². The molecule has 0 saturated carbocycles. The van der Waals surface area contributed by atoms with Crippen LogP contribution in [0.15, 0.2) is 47.6 Å². The van der Waals surface area contributed by atoms with Gasteiger partial charge in [-0.1, -0.05) is 79.0 Å². The van der Waals surface area contributed by atoms with Crippen molar-refractivity contribution in [2.45, 2.75) is 63.4 Å². The Labute approximate surface area is 203 Å². The fraction of sp³-hybridized carbons (Fsp3) is 0.375. The van der Waals surface area contributed by atoms with Gasteiger partial charge in [-0.05, 0) is 49.6 Å². The van der Waals surface area contributed by atoms with Gasteiger partial charge >= 0.3 is 0 Å². The summed E-state index contributed by atoms with van der Waals surface area (Å²) >= 11 is 14.2. The summed E-state index contributed by atoms with van der Waals surface area (Å²) in [5, 5.41) is 13.7. The molecule has 32 heavy (non-hydrogen) atoms. The first kappa shape index (κ1) is 24.6. The van der Waals surface area contributed by atoms with Crippen LogP contribution in [-0.4, -0.2) is 20.7 Å². The predicted octanol–water partition coefficient (Wildman–Crippen LogP) is 6.93. The number of carbonyl (C=O) groups excluding carboxylic acids is 1. The molecule has 0 aliphatic heterocycles. The third-order valence-corrected chi connectivity index (χ3v) is 6.71. The second-order valence-corrected chi connectivity index (χ2v) is 9.52. The fourth-order valence-electron chi connectivity index (χ4n) is 3.37. The normalized spacial score (nSPS) is 12.0. The van der Waals surface area contributed by atoms with E-state index in [1.54, 1.807) is 23.9 Å². The maximum atomic E-state index is 12.4.